The van der Waals surface area contributed by atoms with E-state index in [1.54, 1.807) is 0 Å². The van der Waals surface area contributed by atoms with Gasteiger partial charge in [-0.2, -0.15) is 4.98 Å². The fourth-order valence-electron chi connectivity index (χ4n) is 3.41. The van der Waals surface area contributed by atoms with E-state index in [1.807, 2.05) is 65.3 Å². The minimum absolute atomic E-state index is 0.120. The molecule has 1 aliphatic rings. The molecule has 0 aliphatic carbocycles. The summed E-state index contributed by atoms with van der Waals surface area (Å²) in [5.74, 6) is 1.32. The molecular weight excluding hydrogens is 483 g/mol. The molecule has 0 bridgehead atoms. The van der Waals surface area contributed by atoms with Gasteiger partial charge in [-0.05, 0) is 65.7 Å². The number of rotatable bonds is 3. The van der Waals surface area contributed by atoms with Crippen molar-refractivity contribution in [2.24, 2.45) is 0 Å². The molecule has 1 N–H and O–H groups in total. The van der Waals surface area contributed by atoms with E-state index in [2.05, 4.69) is 39.5 Å². The van der Waals surface area contributed by atoms with Crippen molar-refractivity contribution < 1.29 is 0 Å². The molecule has 5 rings (SSSR count). The van der Waals surface area contributed by atoms with Gasteiger partial charge in [0.1, 0.15) is 6.04 Å². The van der Waals surface area contributed by atoms with E-state index in [9.17, 15) is 0 Å². The Morgan fingerprint density at radius 2 is 1.40 bits per heavy atom. The number of nitrogens with zero attached hydrogens (tertiary/aromatic N) is 3. The molecule has 0 fully saturated rings. The quantitative estimate of drug-likeness (QED) is 0.329. The molecule has 0 saturated heterocycles. The third-order valence-corrected chi connectivity index (χ3v) is 5.97. The summed E-state index contributed by atoms with van der Waals surface area (Å²) < 4.78 is 2.93. The Kier molecular flexibility index (Phi) is 5.11. The molecule has 0 spiro atoms. The second-order valence-corrected chi connectivity index (χ2v) is 8.71. The highest BCUT2D eigenvalue weighted by atomic mass is 79.9. The third-order valence-electron chi connectivity index (χ3n) is 4.93. The average molecular weight is 498 g/mol. The number of anilines is 1. The fourth-order valence-corrected chi connectivity index (χ4v) is 3.93. The predicted octanol–water partition coefficient (Wildman–Crippen LogP) is 7.07. The number of aromatic nitrogens is 3. The van der Waals surface area contributed by atoms with Gasteiger partial charge < -0.3 is 5.32 Å². The largest absolute Gasteiger partial charge is 0.324 e. The third kappa shape index (κ3) is 3.76. The lowest BCUT2D eigenvalue weighted by molar-refractivity contribution is 0.613. The Labute approximate surface area is 192 Å². The van der Waals surface area contributed by atoms with Crippen molar-refractivity contribution in [2.45, 2.75) is 6.04 Å². The summed E-state index contributed by atoms with van der Waals surface area (Å²) in [5.41, 5.74) is 4.02. The molecule has 3 aromatic carbocycles. The Bertz CT molecular complexity index is 1230. The first-order valence-electron chi connectivity index (χ1n) is 9.29. The maximum Gasteiger partial charge on any atom is 0.227 e. The van der Waals surface area contributed by atoms with Crippen molar-refractivity contribution in [1.82, 2.24) is 14.8 Å². The number of benzene rings is 3. The van der Waals surface area contributed by atoms with Gasteiger partial charge in [0.2, 0.25) is 5.95 Å². The van der Waals surface area contributed by atoms with Crippen LogP contribution in [0.5, 0.6) is 0 Å². The maximum absolute atomic E-state index is 6.11. The molecule has 0 amide bonds. The summed E-state index contributed by atoms with van der Waals surface area (Å²) in [4.78, 5) is 4.76. The zero-order valence-corrected chi connectivity index (χ0v) is 18.7. The van der Waals surface area contributed by atoms with Crippen LogP contribution in [0.1, 0.15) is 17.2 Å². The standard InChI is InChI=1S/C23H15BrCl2N4/c24-17-7-1-14(2-8-17)20-13-21(15-3-9-18(25)10-4-15)30-23(27-20)28-22(29-30)16-5-11-19(26)12-6-16/h1-13,21H,(H,27,28,29). The molecule has 1 aromatic heterocycles. The predicted molar refractivity (Wildman–Crippen MR) is 126 cm³/mol. The van der Waals surface area contributed by atoms with Crippen LogP contribution in [0.2, 0.25) is 10.0 Å². The molecule has 1 aliphatic heterocycles. The first-order chi connectivity index (χ1) is 14.6. The summed E-state index contributed by atoms with van der Waals surface area (Å²) >= 11 is 15.6. The van der Waals surface area contributed by atoms with Gasteiger partial charge in [0, 0.05) is 25.8 Å². The van der Waals surface area contributed by atoms with Crippen LogP contribution in [0.25, 0.3) is 17.1 Å². The van der Waals surface area contributed by atoms with Crippen LogP contribution in [-0.4, -0.2) is 14.8 Å². The number of nitrogens with one attached hydrogen (secondary N) is 1. The first-order valence-corrected chi connectivity index (χ1v) is 10.8. The molecule has 30 heavy (non-hydrogen) atoms. The highest BCUT2D eigenvalue weighted by molar-refractivity contribution is 9.10. The van der Waals surface area contributed by atoms with Crippen LogP contribution < -0.4 is 5.32 Å². The highest BCUT2D eigenvalue weighted by Gasteiger charge is 2.25. The SMILES string of the molecule is Clc1ccc(-c2nc3n(n2)C(c2ccc(Cl)cc2)C=C(c2ccc(Br)cc2)N3)cc1. The smallest absolute Gasteiger partial charge is 0.227 e. The normalized spacial score (nSPS) is 15.3. The van der Waals surface area contributed by atoms with Gasteiger partial charge >= 0.3 is 0 Å². The van der Waals surface area contributed by atoms with Crippen LogP contribution in [-0.2, 0) is 0 Å². The summed E-state index contributed by atoms with van der Waals surface area (Å²) in [6.07, 6.45) is 2.15. The summed E-state index contributed by atoms with van der Waals surface area (Å²) in [6, 6.07) is 23.4. The number of hydrogen-bond donors (Lipinski definition) is 1. The van der Waals surface area contributed by atoms with Gasteiger partial charge in [0.25, 0.3) is 0 Å². The topological polar surface area (TPSA) is 42.7 Å². The van der Waals surface area contributed by atoms with Crippen molar-refractivity contribution in [1.29, 1.82) is 0 Å². The zero-order chi connectivity index (χ0) is 20.7. The Hall–Kier alpha value is -2.60. The molecule has 7 heteroatoms. The average Bonchev–Trinajstić information content (AvgIpc) is 3.19. The lowest BCUT2D eigenvalue weighted by Crippen LogP contribution is -2.20. The molecule has 4 nitrogen and oxygen atoms in total. The molecule has 148 valence electrons. The van der Waals surface area contributed by atoms with Crippen LogP contribution >= 0.6 is 39.1 Å². The van der Waals surface area contributed by atoms with E-state index in [0.717, 1.165) is 26.9 Å². The molecule has 1 unspecified atom stereocenters. The van der Waals surface area contributed by atoms with Crippen molar-refractivity contribution in [3.05, 3.63) is 105 Å². The zero-order valence-electron chi connectivity index (χ0n) is 15.6. The van der Waals surface area contributed by atoms with E-state index < -0.39 is 0 Å². The van der Waals surface area contributed by atoms with E-state index in [1.165, 1.54) is 0 Å². The summed E-state index contributed by atoms with van der Waals surface area (Å²) in [5, 5.41) is 9.60. The molecule has 0 saturated carbocycles. The fraction of sp³-hybridized carbons (Fsp3) is 0.0435. The van der Waals surface area contributed by atoms with E-state index in [4.69, 9.17) is 33.3 Å². The van der Waals surface area contributed by atoms with Crippen LogP contribution in [0.4, 0.5) is 5.95 Å². The van der Waals surface area contributed by atoms with Crippen LogP contribution in [0.3, 0.4) is 0 Å². The molecule has 2 heterocycles. The number of hydrogen-bond acceptors (Lipinski definition) is 3. The van der Waals surface area contributed by atoms with Crippen molar-refractivity contribution >= 4 is 50.8 Å². The van der Waals surface area contributed by atoms with Gasteiger partial charge in [0.15, 0.2) is 5.82 Å². The molecule has 0 radical (unpaired) electrons. The first kappa shape index (κ1) is 19.4. The van der Waals surface area contributed by atoms with E-state index in [0.29, 0.717) is 21.8 Å². The van der Waals surface area contributed by atoms with Gasteiger partial charge in [-0.3, -0.25) is 0 Å². The molecule has 4 aromatic rings. The van der Waals surface area contributed by atoms with Gasteiger partial charge in [-0.25, -0.2) is 4.68 Å². The Morgan fingerprint density at radius 3 is 2.07 bits per heavy atom. The minimum atomic E-state index is -0.120. The van der Waals surface area contributed by atoms with Crippen molar-refractivity contribution in [3.63, 3.8) is 0 Å². The Balaban J connectivity index is 1.61. The maximum atomic E-state index is 6.11. The van der Waals surface area contributed by atoms with Crippen molar-refractivity contribution in [3.8, 4) is 11.4 Å². The molecular formula is C23H15BrCl2N4. The van der Waals surface area contributed by atoms with Crippen molar-refractivity contribution in [2.75, 3.05) is 5.32 Å². The summed E-state index contributed by atoms with van der Waals surface area (Å²) in [6.45, 7) is 0. The van der Waals surface area contributed by atoms with Gasteiger partial charge in [-0.1, -0.05) is 63.4 Å². The molecule has 1 atom stereocenters. The number of allylic oxidation sites excluding steroid dienone is 1. The second-order valence-electron chi connectivity index (χ2n) is 6.92. The Morgan fingerprint density at radius 1 is 0.800 bits per heavy atom. The van der Waals surface area contributed by atoms with E-state index >= 15 is 0 Å². The monoisotopic (exact) mass is 496 g/mol. The number of halogens is 3. The van der Waals surface area contributed by atoms with Gasteiger partial charge in [0.05, 0.1) is 0 Å². The number of fused-ring (bicyclic) bond motifs is 1. The lowest BCUT2D eigenvalue weighted by Gasteiger charge is -2.24. The minimum Gasteiger partial charge on any atom is -0.324 e. The van der Waals surface area contributed by atoms with Gasteiger partial charge in [-0.15, -0.1) is 5.10 Å². The highest BCUT2D eigenvalue weighted by Crippen LogP contribution is 2.34. The lowest BCUT2D eigenvalue weighted by atomic mass is 10.0. The van der Waals surface area contributed by atoms with E-state index in [-0.39, 0.29) is 6.04 Å². The van der Waals surface area contributed by atoms with Crippen LogP contribution in [0, 0.1) is 0 Å². The summed E-state index contributed by atoms with van der Waals surface area (Å²) in [7, 11) is 0. The van der Waals surface area contributed by atoms with Crippen LogP contribution in [0.15, 0.2) is 83.3 Å². The second kappa shape index (κ2) is 7.91.